The van der Waals surface area contributed by atoms with E-state index in [4.69, 9.17) is 0 Å². The number of halogens is 1. The van der Waals surface area contributed by atoms with Crippen molar-refractivity contribution in [3.63, 3.8) is 0 Å². The standard InChI is InChI=1S/C20H23BrN6/c1-14-12-15(21)7-8-16(14)24-19-13-18(17-6-4-5-9-22-17)25-20(26-19)23-10-11-27(2)3/h4-9,12-13H,10-11H2,1-3H3,(H2,23,24,25,26). The molecule has 0 saturated heterocycles. The van der Waals surface area contributed by atoms with Gasteiger partial charge in [-0.1, -0.05) is 22.0 Å². The molecule has 2 aromatic heterocycles. The zero-order valence-corrected chi connectivity index (χ0v) is 17.3. The number of anilines is 3. The molecule has 7 heteroatoms. The molecule has 0 unspecified atom stereocenters. The van der Waals surface area contributed by atoms with Gasteiger partial charge < -0.3 is 15.5 Å². The summed E-state index contributed by atoms with van der Waals surface area (Å²) in [6.45, 7) is 3.71. The molecule has 0 aliphatic rings. The molecular formula is C20H23BrN6. The Labute approximate surface area is 168 Å². The molecule has 0 fully saturated rings. The Balaban J connectivity index is 1.91. The van der Waals surface area contributed by atoms with Crippen molar-refractivity contribution in [1.82, 2.24) is 19.9 Å². The summed E-state index contributed by atoms with van der Waals surface area (Å²) in [7, 11) is 4.08. The maximum atomic E-state index is 4.63. The van der Waals surface area contributed by atoms with Crippen LogP contribution in [0.4, 0.5) is 17.5 Å². The van der Waals surface area contributed by atoms with E-state index in [1.165, 1.54) is 0 Å². The van der Waals surface area contributed by atoms with Gasteiger partial charge in [-0.25, -0.2) is 4.98 Å². The molecule has 0 bridgehead atoms. The zero-order chi connectivity index (χ0) is 19.2. The number of benzene rings is 1. The van der Waals surface area contributed by atoms with Gasteiger partial charge in [0.2, 0.25) is 5.95 Å². The van der Waals surface area contributed by atoms with Gasteiger partial charge in [-0.05, 0) is 56.9 Å². The van der Waals surface area contributed by atoms with Gasteiger partial charge in [0.1, 0.15) is 5.82 Å². The van der Waals surface area contributed by atoms with Crippen molar-refractivity contribution in [2.24, 2.45) is 0 Å². The Hall–Kier alpha value is -2.51. The summed E-state index contributed by atoms with van der Waals surface area (Å²) in [6.07, 6.45) is 1.77. The van der Waals surface area contributed by atoms with Crippen LogP contribution in [0.25, 0.3) is 11.4 Å². The van der Waals surface area contributed by atoms with Crippen LogP contribution < -0.4 is 10.6 Å². The van der Waals surface area contributed by atoms with Gasteiger partial charge in [0.25, 0.3) is 0 Å². The van der Waals surface area contributed by atoms with Crippen molar-refractivity contribution in [3.8, 4) is 11.4 Å². The fourth-order valence-electron chi connectivity index (χ4n) is 2.53. The molecule has 0 amide bonds. The Morgan fingerprint density at radius 1 is 1.04 bits per heavy atom. The smallest absolute Gasteiger partial charge is 0.225 e. The summed E-state index contributed by atoms with van der Waals surface area (Å²) in [4.78, 5) is 15.8. The van der Waals surface area contributed by atoms with Gasteiger partial charge in [0.15, 0.2) is 0 Å². The number of aromatic nitrogens is 3. The van der Waals surface area contributed by atoms with Crippen molar-refractivity contribution in [3.05, 3.63) is 58.7 Å². The highest BCUT2D eigenvalue weighted by molar-refractivity contribution is 9.10. The van der Waals surface area contributed by atoms with E-state index in [9.17, 15) is 0 Å². The molecule has 0 saturated carbocycles. The molecule has 0 radical (unpaired) electrons. The first-order valence-electron chi connectivity index (χ1n) is 8.73. The zero-order valence-electron chi connectivity index (χ0n) is 15.7. The highest BCUT2D eigenvalue weighted by atomic mass is 79.9. The van der Waals surface area contributed by atoms with Gasteiger partial charge in [0.05, 0.1) is 11.4 Å². The van der Waals surface area contributed by atoms with E-state index in [1.807, 2.05) is 50.5 Å². The number of aryl methyl sites for hydroxylation is 1. The van der Waals surface area contributed by atoms with E-state index in [2.05, 4.69) is 59.4 Å². The second-order valence-corrected chi connectivity index (χ2v) is 7.41. The minimum Gasteiger partial charge on any atom is -0.353 e. The minimum absolute atomic E-state index is 0.581. The normalized spacial score (nSPS) is 10.9. The predicted octanol–water partition coefficient (Wildman–Crippen LogP) is 4.33. The molecular weight excluding hydrogens is 404 g/mol. The maximum absolute atomic E-state index is 4.63. The van der Waals surface area contributed by atoms with Crippen molar-refractivity contribution in [2.75, 3.05) is 37.8 Å². The summed E-state index contributed by atoms with van der Waals surface area (Å²) in [5, 5.41) is 6.70. The van der Waals surface area contributed by atoms with Gasteiger partial charge in [0, 0.05) is 35.5 Å². The first-order valence-corrected chi connectivity index (χ1v) is 9.53. The lowest BCUT2D eigenvalue weighted by Crippen LogP contribution is -2.21. The molecule has 0 aliphatic carbocycles. The van der Waals surface area contributed by atoms with E-state index in [-0.39, 0.29) is 0 Å². The second-order valence-electron chi connectivity index (χ2n) is 6.49. The maximum Gasteiger partial charge on any atom is 0.225 e. The quantitative estimate of drug-likeness (QED) is 0.585. The van der Waals surface area contributed by atoms with E-state index in [0.29, 0.717) is 5.95 Å². The van der Waals surface area contributed by atoms with E-state index in [1.54, 1.807) is 6.20 Å². The van der Waals surface area contributed by atoms with Crippen molar-refractivity contribution in [2.45, 2.75) is 6.92 Å². The summed E-state index contributed by atoms with van der Waals surface area (Å²) >= 11 is 3.50. The van der Waals surface area contributed by atoms with Crippen LogP contribution in [0.3, 0.4) is 0 Å². The lowest BCUT2D eigenvalue weighted by molar-refractivity contribution is 0.425. The number of rotatable bonds is 7. The van der Waals surface area contributed by atoms with Gasteiger partial charge in [-0.3, -0.25) is 4.98 Å². The molecule has 3 aromatic rings. The minimum atomic E-state index is 0.581. The van der Waals surface area contributed by atoms with E-state index < -0.39 is 0 Å². The fourth-order valence-corrected chi connectivity index (χ4v) is 3.01. The summed E-state index contributed by atoms with van der Waals surface area (Å²) in [5.74, 6) is 1.31. The van der Waals surface area contributed by atoms with Gasteiger partial charge >= 0.3 is 0 Å². The summed E-state index contributed by atoms with van der Waals surface area (Å²) in [5.41, 5.74) is 3.72. The van der Waals surface area contributed by atoms with Crippen LogP contribution >= 0.6 is 15.9 Å². The third-order valence-electron chi connectivity index (χ3n) is 3.95. The number of nitrogens with zero attached hydrogens (tertiary/aromatic N) is 4. The van der Waals surface area contributed by atoms with Gasteiger partial charge in [-0.15, -0.1) is 0 Å². The molecule has 3 rings (SSSR count). The molecule has 2 heterocycles. The molecule has 0 spiro atoms. The van der Waals surface area contributed by atoms with Crippen LogP contribution in [0, 0.1) is 6.92 Å². The highest BCUT2D eigenvalue weighted by Crippen LogP contribution is 2.25. The third-order valence-corrected chi connectivity index (χ3v) is 4.44. The van der Waals surface area contributed by atoms with Crippen LogP contribution in [-0.2, 0) is 0 Å². The molecule has 2 N–H and O–H groups in total. The first-order chi connectivity index (χ1) is 13.0. The molecule has 0 atom stereocenters. The Kier molecular flexibility index (Phi) is 6.36. The molecule has 6 nitrogen and oxygen atoms in total. The Bertz CT molecular complexity index is 898. The molecule has 27 heavy (non-hydrogen) atoms. The average Bonchev–Trinajstić information content (AvgIpc) is 2.64. The first kappa shape index (κ1) is 19.3. The Morgan fingerprint density at radius 3 is 2.59 bits per heavy atom. The summed E-state index contributed by atoms with van der Waals surface area (Å²) < 4.78 is 1.05. The molecule has 140 valence electrons. The van der Waals surface area contributed by atoms with Crippen molar-refractivity contribution >= 4 is 33.4 Å². The largest absolute Gasteiger partial charge is 0.353 e. The van der Waals surface area contributed by atoms with Crippen LogP contribution in [0.2, 0.25) is 0 Å². The average molecular weight is 427 g/mol. The molecule has 0 aliphatic heterocycles. The predicted molar refractivity (Wildman–Crippen MR) is 114 cm³/mol. The number of hydrogen-bond donors (Lipinski definition) is 2. The second kappa shape index (κ2) is 8.92. The topological polar surface area (TPSA) is 66.0 Å². The van der Waals surface area contributed by atoms with Gasteiger partial charge in [-0.2, -0.15) is 4.98 Å². The lowest BCUT2D eigenvalue weighted by atomic mass is 10.2. The number of hydrogen-bond acceptors (Lipinski definition) is 6. The van der Waals surface area contributed by atoms with Crippen LogP contribution in [0.15, 0.2) is 53.1 Å². The van der Waals surface area contributed by atoms with Crippen molar-refractivity contribution in [1.29, 1.82) is 0 Å². The monoisotopic (exact) mass is 426 g/mol. The fraction of sp³-hybridized carbons (Fsp3) is 0.250. The summed E-state index contributed by atoms with van der Waals surface area (Å²) in [6, 6.07) is 13.8. The van der Waals surface area contributed by atoms with E-state index >= 15 is 0 Å². The van der Waals surface area contributed by atoms with Crippen LogP contribution in [0.5, 0.6) is 0 Å². The number of pyridine rings is 1. The Morgan fingerprint density at radius 2 is 1.89 bits per heavy atom. The SMILES string of the molecule is Cc1cc(Br)ccc1Nc1cc(-c2ccccn2)nc(NCCN(C)C)n1. The van der Waals surface area contributed by atoms with E-state index in [0.717, 1.165) is 46.0 Å². The third kappa shape index (κ3) is 5.48. The lowest BCUT2D eigenvalue weighted by Gasteiger charge is -2.14. The number of nitrogens with one attached hydrogen (secondary N) is 2. The molecule has 1 aromatic carbocycles. The van der Waals surface area contributed by atoms with Crippen LogP contribution in [-0.4, -0.2) is 47.0 Å². The highest BCUT2D eigenvalue weighted by Gasteiger charge is 2.09. The van der Waals surface area contributed by atoms with Crippen molar-refractivity contribution < 1.29 is 0 Å². The number of likely N-dealkylation sites (N-methyl/N-ethyl adjacent to an activating group) is 1. The van der Waals surface area contributed by atoms with Crippen LogP contribution in [0.1, 0.15) is 5.56 Å².